The number of hydrogen-bond donors (Lipinski definition) is 1. The maximum absolute atomic E-state index is 13.4. The molecule has 1 N–H and O–H groups in total. The van der Waals surface area contributed by atoms with Gasteiger partial charge in [0.25, 0.3) is 5.91 Å². The zero-order valence-corrected chi connectivity index (χ0v) is 18.9. The van der Waals surface area contributed by atoms with Crippen LogP contribution in [0, 0.1) is 0 Å². The number of imidazole rings is 1. The molecule has 0 saturated heterocycles. The molecular weight excluding hydrogens is 469 g/mol. The Morgan fingerprint density at radius 3 is 2.44 bits per heavy atom. The normalized spacial score (nSPS) is 12.3. The molecule has 1 heterocycles. The van der Waals surface area contributed by atoms with Crippen molar-refractivity contribution in [3.63, 3.8) is 0 Å². The smallest absolute Gasteiger partial charge is 0.320 e. The number of nitrogens with zero attached hydrogens (tertiary/aromatic N) is 3. The number of carbonyl (C=O) groups is 1. The van der Waals surface area contributed by atoms with Crippen LogP contribution in [-0.2, 0) is 16.2 Å². The van der Waals surface area contributed by atoms with Gasteiger partial charge in [-0.3, -0.25) is 9.36 Å². The molecule has 0 radical (unpaired) electrons. The highest BCUT2D eigenvalue weighted by Gasteiger charge is 2.31. The first-order valence-electron chi connectivity index (χ1n) is 9.96. The van der Waals surface area contributed by atoms with Crippen LogP contribution in [-0.4, -0.2) is 42.3 Å². The molecule has 1 aromatic heterocycles. The molecule has 0 fully saturated rings. The van der Waals surface area contributed by atoms with E-state index in [1.165, 1.54) is 50.8 Å². The van der Waals surface area contributed by atoms with Gasteiger partial charge in [0.05, 0.1) is 32.9 Å². The number of amides is 1. The van der Waals surface area contributed by atoms with Crippen LogP contribution in [0.15, 0.2) is 78.0 Å². The number of nitrogens with one attached hydrogen (secondary N) is 1. The Kier molecular flexibility index (Phi) is 5.92. The number of para-hydroxylation sites is 2. The van der Waals surface area contributed by atoms with Crippen molar-refractivity contribution < 1.29 is 26.4 Å². The Bertz CT molecular complexity index is 1490. The molecule has 1 amide bonds. The highest BCUT2D eigenvalue weighted by molar-refractivity contribution is 7.89. The number of carbonyl (C=O) groups excluding carboxylic acids is 1. The number of fused-ring (bicyclic) bond motifs is 1. The minimum absolute atomic E-state index is 0.0261. The van der Waals surface area contributed by atoms with Gasteiger partial charge >= 0.3 is 6.18 Å². The van der Waals surface area contributed by atoms with Crippen molar-refractivity contribution >= 4 is 32.7 Å². The van der Waals surface area contributed by atoms with Crippen LogP contribution in [0.3, 0.4) is 0 Å². The Morgan fingerprint density at radius 1 is 1.00 bits per heavy atom. The largest absolute Gasteiger partial charge is 0.416 e. The number of aromatic nitrogens is 2. The molecule has 0 aliphatic heterocycles. The number of hydrogen-bond acceptors (Lipinski definition) is 4. The molecule has 0 bridgehead atoms. The van der Waals surface area contributed by atoms with Gasteiger partial charge < -0.3 is 5.32 Å². The SMILES string of the molecule is CN(C)S(=O)(=O)c1cccc(C(=O)Nc2cc(C(F)(F)F)ccc2-n2cnc3ccccc32)c1. The second-order valence-corrected chi connectivity index (χ2v) is 9.75. The number of rotatable bonds is 5. The maximum atomic E-state index is 13.4. The van der Waals surface area contributed by atoms with Gasteiger partial charge in [-0.15, -0.1) is 0 Å². The van der Waals surface area contributed by atoms with E-state index in [0.29, 0.717) is 11.0 Å². The summed E-state index contributed by atoms with van der Waals surface area (Å²) in [4.78, 5) is 17.1. The third kappa shape index (κ3) is 4.39. The van der Waals surface area contributed by atoms with Crippen LogP contribution in [0.4, 0.5) is 18.9 Å². The molecule has 0 spiro atoms. The van der Waals surface area contributed by atoms with Crippen molar-refractivity contribution in [1.82, 2.24) is 13.9 Å². The van der Waals surface area contributed by atoms with Gasteiger partial charge in [-0.25, -0.2) is 17.7 Å². The summed E-state index contributed by atoms with van der Waals surface area (Å²) < 4.78 is 67.6. The molecule has 4 aromatic rings. The zero-order valence-electron chi connectivity index (χ0n) is 18.0. The van der Waals surface area contributed by atoms with Gasteiger partial charge in [-0.05, 0) is 48.5 Å². The topological polar surface area (TPSA) is 84.3 Å². The maximum Gasteiger partial charge on any atom is 0.416 e. The quantitative estimate of drug-likeness (QED) is 0.447. The summed E-state index contributed by atoms with van der Waals surface area (Å²) in [5, 5.41) is 2.50. The summed E-state index contributed by atoms with van der Waals surface area (Å²) in [7, 11) is -1.10. The molecule has 7 nitrogen and oxygen atoms in total. The van der Waals surface area contributed by atoms with Crippen molar-refractivity contribution in [1.29, 1.82) is 0 Å². The molecule has 34 heavy (non-hydrogen) atoms. The molecule has 0 unspecified atom stereocenters. The van der Waals surface area contributed by atoms with E-state index in [-0.39, 0.29) is 21.8 Å². The Balaban J connectivity index is 1.79. The first-order valence-corrected chi connectivity index (χ1v) is 11.4. The van der Waals surface area contributed by atoms with Gasteiger partial charge in [0, 0.05) is 19.7 Å². The second-order valence-electron chi connectivity index (χ2n) is 7.60. The van der Waals surface area contributed by atoms with Crippen LogP contribution in [0.1, 0.15) is 15.9 Å². The van der Waals surface area contributed by atoms with Gasteiger partial charge in [0.2, 0.25) is 10.0 Å². The lowest BCUT2D eigenvalue weighted by Gasteiger charge is -2.16. The Labute approximate surface area is 193 Å². The van der Waals surface area contributed by atoms with E-state index in [1.54, 1.807) is 28.8 Å². The highest BCUT2D eigenvalue weighted by atomic mass is 32.2. The van der Waals surface area contributed by atoms with Crippen LogP contribution < -0.4 is 5.32 Å². The third-order valence-electron chi connectivity index (χ3n) is 5.16. The predicted molar refractivity (Wildman–Crippen MR) is 121 cm³/mol. The summed E-state index contributed by atoms with van der Waals surface area (Å²) >= 11 is 0. The summed E-state index contributed by atoms with van der Waals surface area (Å²) in [6, 6.07) is 15.3. The average Bonchev–Trinajstić information content (AvgIpc) is 3.22. The lowest BCUT2D eigenvalue weighted by molar-refractivity contribution is -0.137. The second kappa shape index (κ2) is 8.58. The van der Waals surface area contributed by atoms with E-state index in [1.807, 2.05) is 0 Å². The molecule has 0 atom stereocenters. The zero-order chi connectivity index (χ0) is 24.7. The first-order chi connectivity index (χ1) is 16.0. The number of anilines is 1. The molecular formula is C23H19F3N4O3S. The molecule has 0 saturated carbocycles. The van der Waals surface area contributed by atoms with Crippen molar-refractivity contribution in [3.05, 3.63) is 84.2 Å². The lowest BCUT2D eigenvalue weighted by Crippen LogP contribution is -2.23. The van der Waals surface area contributed by atoms with Crippen LogP contribution in [0.2, 0.25) is 0 Å². The fourth-order valence-corrected chi connectivity index (χ4v) is 4.32. The van der Waals surface area contributed by atoms with Crippen LogP contribution in [0.25, 0.3) is 16.7 Å². The van der Waals surface area contributed by atoms with Crippen LogP contribution >= 0.6 is 0 Å². The molecule has 3 aromatic carbocycles. The van der Waals surface area contributed by atoms with Gasteiger partial charge in [-0.2, -0.15) is 13.2 Å². The number of halogens is 3. The predicted octanol–water partition coefficient (Wildman–Crippen LogP) is 4.55. The monoisotopic (exact) mass is 488 g/mol. The van der Waals surface area contributed by atoms with Crippen LogP contribution in [0.5, 0.6) is 0 Å². The fourth-order valence-electron chi connectivity index (χ4n) is 3.38. The molecule has 4 rings (SSSR count). The van der Waals surface area contributed by atoms with E-state index in [2.05, 4.69) is 10.3 Å². The summed E-state index contributed by atoms with van der Waals surface area (Å²) in [6.07, 6.45) is -3.18. The Hall–Kier alpha value is -3.70. The summed E-state index contributed by atoms with van der Waals surface area (Å²) in [6.45, 7) is 0. The molecule has 176 valence electrons. The molecule has 0 aliphatic rings. The van der Waals surface area contributed by atoms with Gasteiger partial charge in [0.1, 0.15) is 6.33 Å². The lowest BCUT2D eigenvalue weighted by atomic mass is 10.1. The summed E-state index contributed by atoms with van der Waals surface area (Å²) in [5.41, 5.74) is 0.454. The molecule has 11 heteroatoms. The summed E-state index contributed by atoms with van der Waals surface area (Å²) in [5.74, 6) is -0.763. The van der Waals surface area contributed by atoms with Gasteiger partial charge in [-0.1, -0.05) is 18.2 Å². The third-order valence-corrected chi connectivity index (χ3v) is 6.97. The van der Waals surface area contributed by atoms with E-state index in [9.17, 15) is 26.4 Å². The average molecular weight is 488 g/mol. The Morgan fingerprint density at radius 2 is 1.74 bits per heavy atom. The van der Waals surface area contributed by atoms with E-state index in [4.69, 9.17) is 0 Å². The molecule has 0 aliphatic carbocycles. The van der Waals surface area contributed by atoms with Crippen molar-refractivity contribution in [2.75, 3.05) is 19.4 Å². The van der Waals surface area contributed by atoms with E-state index in [0.717, 1.165) is 16.4 Å². The number of alkyl halides is 3. The highest BCUT2D eigenvalue weighted by Crippen LogP contribution is 2.34. The van der Waals surface area contributed by atoms with E-state index >= 15 is 0 Å². The minimum Gasteiger partial charge on any atom is -0.320 e. The number of sulfonamides is 1. The van der Waals surface area contributed by atoms with Crippen molar-refractivity contribution in [2.45, 2.75) is 11.1 Å². The first kappa shape index (κ1) is 23.5. The fraction of sp³-hybridized carbons (Fsp3) is 0.130. The van der Waals surface area contributed by atoms with Crippen molar-refractivity contribution in [3.8, 4) is 5.69 Å². The minimum atomic E-state index is -4.63. The van der Waals surface area contributed by atoms with Gasteiger partial charge in [0.15, 0.2) is 0 Å². The number of benzene rings is 3. The van der Waals surface area contributed by atoms with Crippen molar-refractivity contribution in [2.24, 2.45) is 0 Å². The van der Waals surface area contributed by atoms with E-state index < -0.39 is 27.7 Å². The standard InChI is InChI=1S/C23H19F3N4O3S/c1-29(2)34(32,33)17-7-5-6-15(12-17)22(31)28-19-13-16(23(24,25)26)10-11-21(19)30-14-27-18-8-3-4-9-20(18)30/h3-14H,1-2H3,(H,28,31).